The van der Waals surface area contributed by atoms with Crippen molar-refractivity contribution in [3.63, 3.8) is 0 Å². The number of amides is 2. The quantitative estimate of drug-likeness (QED) is 0.722. The van der Waals surface area contributed by atoms with Crippen molar-refractivity contribution >= 4 is 11.8 Å². The highest BCUT2D eigenvalue weighted by Crippen LogP contribution is 2.21. The summed E-state index contributed by atoms with van der Waals surface area (Å²) >= 11 is 0. The maximum absolute atomic E-state index is 12.5. The van der Waals surface area contributed by atoms with Gasteiger partial charge in [0.25, 0.3) is 0 Å². The molecule has 0 aromatic heterocycles. The number of hydrogen-bond donors (Lipinski definition) is 1. The predicted molar refractivity (Wildman–Crippen MR) is 78.3 cm³/mol. The van der Waals surface area contributed by atoms with Gasteiger partial charge in [-0.05, 0) is 32.6 Å². The molecule has 1 heterocycles. The van der Waals surface area contributed by atoms with E-state index in [9.17, 15) is 9.59 Å². The number of carbonyl (C=O) groups excluding carboxylic acids is 2. The molecule has 1 rings (SSSR count). The average Bonchev–Trinajstić information content (AvgIpc) is 2.39. The molecule has 5 heteroatoms. The first-order valence-electron chi connectivity index (χ1n) is 7.52. The van der Waals surface area contributed by atoms with Crippen molar-refractivity contribution in [1.82, 2.24) is 10.2 Å². The fourth-order valence-electron chi connectivity index (χ4n) is 2.18. The summed E-state index contributed by atoms with van der Waals surface area (Å²) in [6.07, 6.45) is 1.60. The van der Waals surface area contributed by atoms with E-state index in [4.69, 9.17) is 4.74 Å². The standard InChI is InChI=1S/C15H28N2O3/c1-6-15(5)14(19)17(12(4)13(18)16-15)8-10-20-9-7-11(2)3/h11-12H,6-10H2,1-5H3,(H,16,18). The first-order chi connectivity index (χ1) is 9.31. The van der Waals surface area contributed by atoms with Crippen molar-refractivity contribution in [3.8, 4) is 0 Å². The van der Waals surface area contributed by atoms with Crippen LogP contribution in [0.4, 0.5) is 0 Å². The van der Waals surface area contributed by atoms with E-state index in [2.05, 4.69) is 19.2 Å². The van der Waals surface area contributed by atoms with Crippen LogP contribution in [0.15, 0.2) is 0 Å². The van der Waals surface area contributed by atoms with E-state index in [0.717, 1.165) is 6.42 Å². The second-order valence-electron chi connectivity index (χ2n) is 6.14. The summed E-state index contributed by atoms with van der Waals surface area (Å²) in [5, 5.41) is 2.82. The van der Waals surface area contributed by atoms with E-state index < -0.39 is 11.6 Å². The van der Waals surface area contributed by atoms with Crippen LogP contribution in [0.25, 0.3) is 0 Å². The monoisotopic (exact) mass is 284 g/mol. The molecule has 0 aromatic rings. The molecule has 20 heavy (non-hydrogen) atoms. The van der Waals surface area contributed by atoms with Gasteiger partial charge >= 0.3 is 0 Å². The number of nitrogens with zero attached hydrogens (tertiary/aromatic N) is 1. The molecule has 116 valence electrons. The van der Waals surface area contributed by atoms with E-state index in [1.54, 1.807) is 18.7 Å². The lowest BCUT2D eigenvalue weighted by molar-refractivity contribution is -0.154. The highest BCUT2D eigenvalue weighted by atomic mass is 16.5. The summed E-state index contributed by atoms with van der Waals surface area (Å²) < 4.78 is 5.56. The Kier molecular flexibility index (Phi) is 5.99. The summed E-state index contributed by atoms with van der Waals surface area (Å²) in [5.41, 5.74) is -0.776. The Bertz CT molecular complexity index is 357. The lowest BCUT2D eigenvalue weighted by Gasteiger charge is -2.42. The second-order valence-corrected chi connectivity index (χ2v) is 6.14. The molecule has 2 unspecified atom stereocenters. The topological polar surface area (TPSA) is 58.6 Å². The van der Waals surface area contributed by atoms with Crippen LogP contribution in [-0.4, -0.2) is 48.1 Å². The Morgan fingerprint density at radius 3 is 2.55 bits per heavy atom. The number of nitrogens with one attached hydrogen (secondary N) is 1. The Balaban J connectivity index is 2.53. The molecular weight excluding hydrogens is 256 g/mol. The van der Waals surface area contributed by atoms with Gasteiger partial charge < -0.3 is 15.0 Å². The van der Waals surface area contributed by atoms with E-state index in [1.807, 2.05) is 6.92 Å². The Morgan fingerprint density at radius 1 is 1.35 bits per heavy atom. The van der Waals surface area contributed by atoms with Gasteiger partial charge in [0, 0.05) is 13.2 Å². The van der Waals surface area contributed by atoms with Gasteiger partial charge in [-0.2, -0.15) is 0 Å². The van der Waals surface area contributed by atoms with Gasteiger partial charge in [0.2, 0.25) is 11.8 Å². The van der Waals surface area contributed by atoms with Gasteiger partial charge in [-0.1, -0.05) is 20.8 Å². The molecule has 2 amide bonds. The molecule has 0 spiro atoms. The molecule has 1 fully saturated rings. The van der Waals surface area contributed by atoms with Crippen molar-refractivity contribution < 1.29 is 14.3 Å². The molecule has 0 bridgehead atoms. The number of piperazine rings is 1. The molecule has 0 aromatic carbocycles. The van der Waals surface area contributed by atoms with Crippen LogP contribution in [-0.2, 0) is 14.3 Å². The van der Waals surface area contributed by atoms with E-state index in [1.165, 1.54) is 0 Å². The van der Waals surface area contributed by atoms with Crippen LogP contribution >= 0.6 is 0 Å². The summed E-state index contributed by atoms with van der Waals surface area (Å²) in [4.78, 5) is 26.1. The van der Waals surface area contributed by atoms with Crippen molar-refractivity contribution in [3.05, 3.63) is 0 Å². The fraction of sp³-hybridized carbons (Fsp3) is 0.867. The summed E-state index contributed by atoms with van der Waals surface area (Å²) in [7, 11) is 0. The molecule has 0 aliphatic carbocycles. The molecule has 1 N–H and O–H groups in total. The molecule has 0 saturated carbocycles. The number of hydrogen-bond acceptors (Lipinski definition) is 3. The van der Waals surface area contributed by atoms with Crippen LogP contribution in [0.2, 0.25) is 0 Å². The second kappa shape index (κ2) is 7.07. The molecule has 0 radical (unpaired) electrons. The first-order valence-corrected chi connectivity index (χ1v) is 7.52. The number of rotatable bonds is 7. The summed E-state index contributed by atoms with van der Waals surface area (Å²) in [5.74, 6) is 0.510. The minimum absolute atomic E-state index is 0.0143. The SMILES string of the molecule is CCC1(C)NC(=O)C(C)N(CCOCCC(C)C)C1=O. The minimum atomic E-state index is -0.776. The molecule has 1 aliphatic heterocycles. The summed E-state index contributed by atoms with van der Waals surface area (Å²) in [6.45, 7) is 11.4. The highest BCUT2D eigenvalue weighted by molar-refractivity contribution is 5.99. The maximum atomic E-state index is 12.5. The van der Waals surface area contributed by atoms with Gasteiger partial charge in [-0.25, -0.2) is 0 Å². The van der Waals surface area contributed by atoms with Gasteiger partial charge in [-0.15, -0.1) is 0 Å². The molecule has 2 atom stereocenters. The first kappa shape index (κ1) is 17.0. The highest BCUT2D eigenvalue weighted by Gasteiger charge is 2.44. The van der Waals surface area contributed by atoms with Crippen LogP contribution in [0.3, 0.4) is 0 Å². The molecule has 1 saturated heterocycles. The van der Waals surface area contributed by atoms with E-state index in [0.29, 0.717) is 32.1 Å². The van der Waals surface area contributed by atoms with Crippen molar-refractivity contribution in [2.24, 2.45) is 5.92 Å². The maximum Gasteiger partial charge on any atom is 0.248 e. The zero-order chi connectivity index (χ0) is 15.3. The number of ether oxygens (including phenoxy) is 1. The Labute approximate surface area is 122 Å². The normalized spacial score (nSPS) is 27.1. The third-order valence-electron chi connectivity index (χ3n) is 4.00. The van der Waals surface area contributed by atoms with Crippen LogP contribution in [0.1, 0.15) is 47.5 Å². The van der Waals surface area contributed by atoms with Crippen LogP contribution in [0, 0.1) is 5.92 Å². The molecular formula is C15H28N2O3. The smallest absolute Gasteiger partial charge is 0.248 e. The largest absolute Gasteiger partial charge is 0.380 e. The van der Waals surface area contributed by atoms with E-state index in [-0.39, 0.29) is 11.8 Å². The van der Waals surface area contributed by atoms with Gasteiger partial charge in [0.15, 0.2) is 0 Å². The third-order valence-corrected chi connectivity index (χ3v) is 4.00. The van der Waals surface area contributed by atoms with E-state index >= 15 is 0 Å². The zero-order valence-corrected chi connectivity index (χ0v) is 13.4. The molecule has 5 nitrogen and oxygen atoms in total. The minimum Gasteiger partial charge on any atom is -0.380 e. The predicted octanol–water partition coefficient (Wildman–Crippen LogP) is 1.56. The Hall–Kier alpha value is -1.10. The van der Waals surface area contributed by atoms with Crippen molar-refractivity contribution in [2.45, 2.75) is 59.0 Å². The van der Waals surface area contributed by atoms with Crippen molar-refractivity contribution in [2.75, 3.05) is 19.8 Å². The lowest BCUT2D eigenvalue weighted by Crippen LogP contribution is -2.68. The number of carbonyl (C=O) groups is 2. The van der Waals surface area contributed by atoms with Crippen LogP contribution in [0.5, 0.6) is 0 Å². The van der Waals surface area contributed by atoms with Gasteiger partial charge in [-0.3, -0.25) is 9.59 Å². The summed E-state index contributed by atoms with van der Waals surface area (Å²) in [6, 6.07) is -0.421. The van der Waals surface area contributed by atoms with Gasteiger partial charge in [0.05, 0.1) is 6.61 Å². The Morgan fingerprint density at radius 2 is 2.00 bits per heavy atom. The van der Waals surface area contributed by atoms with Gasteiger partial charge in [0.1, 0.15) is 11.6 Å². The average molecular weight is 284 g/mol. The zero-order valence-electron chi connectivity index (χ0n) is 13.4. The third kappa shape index (κ3) is 3.95. The van der Waals surface area contributed by atoms with Crippen LogP contribution < -0.4 is 5.32 Å². The molecule has 1 aliphatic rings. The lowest BCUT2D eigenvalue weighted by atomic mass is 9.92. The van der Waals surface area contributed by atoms with Crippen molar-refractivity contribution in [1.29, 1.82) is 0 Å². The fourth-order valence-corrected chi connectivity index (χ4v) is 2.18.